The number of fused-ring (bicyclic) bond motifs is 1. The van der Waals surface area contributed by atoms with Crippen LogP contribution in [-0.4, -0.2) is 64.1 Å². The number of nitrogens with zero attached hydrogens (tertiary/aromatic N) is 2. The quantitative estimate of drug-likeness (QED) is 0.215. The molecule has 0 saturated heterocycles. The van der Waals surface area contributed by atoms with Gasteiger partial charge in [-0.15, -0.1) is 0 Å². The molecule has 202 valence electrons. The van der Waals surface area contributed by atoms with Gasteiger partial charge in [0.1, 0.15) is 0 Å². The monoisotopic (exact) mass is 527 g/mol. The van der Waals surface area contributed by atoms with Crippen LogP contribution in [0.1, 0.15) is 27.9 Å². The second-order valence-electron chi connectivity index (χ2n) is 9.44. The number of ether oxygens (including phenoxy) is 1. The number of amides is 3. The van der Waals surface area contributed by atoms with Crippen LogP contribution in [0.15, 0.2) is 72.8 Å². The van der Waals surface area contributed by atoms with Crippen molar-refractivity contribution in [2.75, 3.05) is 56.9 Å². The number of anilines is 3. The van der Waals surface area contributed by atoms with E-state index < -0.39 is 5.97 Å². The van der Waals surface area contributed by atoms with Gasteiger partial charge in [0, 0.05) is 30.5 Å². The van der Waals surface area contributed by atoms with Crippen molar-refractivity contribution in [1.82, 2.24) is 10.2 Å². The molecule has 9 heteroatoms. The van der Waals surface area contributed by atoms with E-state index in [-0.39, 0.29) is 11.9 Å². The van der Waals surface area contributed by atoms with Crippen molar-refractivity contribution in [2.24, 2.45) is 0 Å². The molecule has 3 aromatic rings. The van der Waals surface area contributed by atoms with Crippen molar-refractivity contribution in [2.45, 2.75) is 6.42 Å². The van der Waals surface area contributed by atoms with Gasteiger partial charge in [-0.1, -0.05) is 36.4 Å². The number of hydrogen-bond acceptors (Lipinski definition) is 6. The third kappa shape index (κ3) is 6.45. The molecule has 0 aliphatic carbocycles. The van der Waals surface area contributed by atoms with E-state index in [1.807, 2.05) is 68.7 Å². The Balaban J connectivity index is 1.59. The van der Waals surface area contributed by atoms with Crippen molar-refractivity contribution in [3.05, 3.63) is 89.5 Å². The Morgan fingerprint density at radius 3 is 2.31 bits per heavy atom. The van der Waals surface area contributed by atoms with E-state index in [9.17, 15) is 14.4 Å². The number of hydrogen-bond donors (Lipinski definition) is 3. The van der Waals surface area contributed by atoms with Crippen molar-refractivity contribution in [1.29, 1.82) is 0 Å². The van der Waals surface area contributed by atoms with Crippen LogP contribution in [0.2, 0.25) is 0 Å². The maximum absolute atomic E-state index is 13.2. The minimum atomic E-state index is -0.474. The number of benzene rings is 3. The number of rotatable bonds is 9. The summed E-state index contributed by atoms with van der Waals surface area (Å²) in [6.07, 6.45) is 0.868. The van der Waals surface area contributed by atoms with Gasteiger partial charge < -0.3 is 25.6 Å². The second-order valence-corrected chi connectivity index (χ2v) is 9.44. The summed E-state index contributed by atoms with van der Waals surface area (Å²) < 4.78 is 4.81. The number of carbonyl (C=O) groups is 3. The first-order chi connectivity index (χ1) is 18.8. The molecule has 0 saturated carbocycles. The van der Waals surface area contributed by atoms with Crippen LogP contribution in [0.25, 0.3) is 11.3 Å². The van der Waals surface area contributed by atoms with Crippen LogP contribution in [0, 0.1) is 0 Å². The molecule has 0 unspecified atom stereocenters. The summed E-state index contributed by atoms with van der Waals surface area (Å²) in [6, 6.07) is 21.8. The number of carbonyl (C=O) groups excluding carboxylic acids is 3. The largest absolute Gasteiger partial charge is 0.465 e. The Kier molecular flexibility index (Phi) is 8.63. The van der Waals surface area contributed by atoms with Crippen molar-refractivity contribution in [3.8, 4) is 0 Å². The topological polar surface area (TPSA) is 103 Å². The third-order valence-corrected chi connectivity index (χ3v) is 6.38. The molecule has 1 aliphatic heterocycles. The van der Waals surface area contributed by atoms with Gasteiger partial charge in [0.2, 0.25) is 0 Å². The molecule has 0 radical (unpaired) electrons. The minimum absolute atomic E-state index is 0.174. The molecule has 3 N–H and O–H groups in total. The van der Waals surface area contributed by atoms with Crippen LogP contribution < -0.4 is 20.9 Å². The number of methoxy groups -OCH3 is 1. The Labute approximate surface area is 228 Å². The zero-order chi connectivity index (χ0) is 27.9. The van der Waals surface area contributed by atoms with Gasteiger partial charge in [-0.3, -0.25) is 9.69 Å². The molecule has 39 heavy (non-hydrogen) atoms. The summed E-state index contributed by atoms with van der Waals surface area (Å²) in [5, 5.41) is 9.21. The molecule has 9 nitrogen and oxygen atoms in total. The third-order valence-electron chi connectivity index (χ3n) is 6.38. The van der Waals surface area contributed by atoms with Crippen LogP contribution >= 0.6 is 0 Å². The first-order valence-electron chi connectivity index (χ1n) is 12.7. The SMILES string of the molecule is COC(=O)c1ccc2c(c1)NC(=O)/C2=C(\Nc1ccc(N(C)C(=O)NCCCN(C)C)cc1)c1ccccc1. The predicted molar refractivity (Wildman–Crippen MR) is 155 cm³/mol. The fourth-order valence-corrected chi connectivity index (χ4v) is 4.29. The van der Waals surface area contributed by atoms with E-state index in [0.29, 0.717) is 34.6 Å². The Morgan fingerprint density at radius 2 is 1.64 bits per heavy atom. The Hall–Kier alpha value is -4.63. The zero-order valence-electron chi connectivity index (χ0n) is 22.6. The van der Waals surface area contributed by atoms with Gasteiger partial charge in [0.25, 0.3) is 5.91 Å². The van der Waals surface area contributed by atoms with Gasteiger partial charge in [-0.2, -0.15) is 0 Å². The molecule has 0 atom stereocenters. The van der Waals surface area contributed by atoms with Crippen molar-refractivity contribution < 1.29 is 19.1 Å². The van der Waals surface area contributed by atoms with Gasteiger partial charge in [0.15, 0.2) is 0 Å². The van der Waals surface area contributed by atoms with Crippen LogP contribution in [0.4, 0.5) is 21.9 Å². The summed E-state index contributed by atoms with van der Waals surface area (Å²) in [4.78, 5) is 41.4. The minimum Gasteiger partial charge on any atom is -0.465 e. The molecule has 1 heterocycles. The fraction of sp³-hybridized carbons (Fsp3) is 0.233. The molecule has 0 fully saturated rings. The highest BCUT2D eigenvalue weighted by molar-refractivity contribution is 6.37. The van der Waals surface area contributed by atoms with Gasteiger partial charge in [-0.05, 0) is 69.0 Å². The van der Waals surface area contributed by atoms with Gasteiger partial charge >= 0.3 is 12.0 Å². The van der Waals surface area contributed by atoms with Crippen LogP contribution in [-0.2, 0) is 9.53 Å². The zero-order valence-corrected chi connectivity index (χ0v) is 22.6. The van der Waals surface area contributed by atoms with E-state index in [1.165, 1.54) is 7.11 Å². The van der Waals surface area contributed by atoms with E-state index in [4.69, 9.17) is 4.74 Å². The fourth-order valence-electron chi connectivity index (χ4n) is 4.29. The second kappa shape index (κ2) is 12.3. The first kappa shape index (κ1) is 27.4. The highest BCUT2D eigenvalue weighted by Crippen LogP contribution is 2.38. The van der Waals surface area contributed by atoms with Crippen molar-refractivity contribution >= 4 is 46.2 Å². The summed E-state index contributed by atoms with van der Waals surface area (Å²) in [5.74, 6) is -0.751. The average molecular weight is 528 g/mol. The molecule has 0 spiro atoms. The number of nitrogens with one attached hydrogen (secondary N) is 3. The summed E-state index contributed by atoms with van der Waals surface area (Å²) in [6.45, 7) is 1.50. The predicted octanol–water partition coefficient (Wildman–Crippen LogP) is 4.50. The lowest BCUT2D eigenvalue weighted by molar-refractivity contribution is -0.110. The standard InChI is InChI=1S/C30H33N5O4/c1-34(2)18-8-17-31-30(38)35(3)23-14-12-22(13-15-23)32-27(20-9-6-5-7-10-20)26-24-16-11-21(29(37)39-4)19-25(24)33-28(26)36/h5-7,9-16,19,32H,8,17-18H2,1-4H3,(H,31,38)(H,33,36)/b27-26-. The maximum atomic E-state index is 13.2. The summed E-state index contributed by atoms with van der Waals surface area (Å²) in [5.41, 5.74) is 4.97. The van der Waals surface area contributed by atoms with Crippen molar-refractivity contribution in [3.63, 3.8) is 0 Å². The molecular formula is C30H33N5O4. The smallest absolute Gasteiger partial charge is 0.337 e. The van der Waals surface area contributed by atoms with Crippen LogP contribution in [0.5, 0.6) is 0 Å². The summed E-state index contributed by atoms with van der Waals surface area (Å²) in [7, 11) is 7.05. The van der Waals surface area contributed by atoms with Gasteiger partial charge in [-0.25, -0.2) is 9.59 Å². The lowest BCUT2D eigenvalue weighted by Gasteiger charge is -2.20. The maximum Gasteiger partial charge on any atom is 0.337 e. The van der Waals surface area contributed by atoms with E-state index in [0.717, 1.165) is 29.9 Å². The first-order valence-corrected chi connectivity index (χ1v) is 12.7. The molecule has 0 bridgehead atoms. The number of esters is 1. The number of urea groups is 1. The lowest BCUT2D eigenvalue weighted by Crippen LogP contribution is -2.38. The highest BCUT2D eigenvalue weighted by Gasteiger charge is 2.29. The molecule has 4 rings (SSSR count). The average Bonchev–Trinajstić information content (AvgIpc) is 3.28. The van der Waals surface area contributed by atoms with E-state index >= 15 is 0 Å². The molecule has 0 aromatic heterocycles. The van der Waals surface area contributed by atoms with E-state index in [1.54, 1.807) is 30.1 Å². The normalized spacial score (nSPS) is 13.4. The van der Waals surface area contributed by atoms with Crippen LogP contribution in [0.3, 0.4) is 0 Å². The van der Waals surface area contributed by atoms with Gasteiger partial charge in [0.05, 0.1) is 29.6 Å². The lowest BCUT2D eigenvalue weighted by atomic mass is 9.99. The molecule has 1 aliphatic rings. The molecule has 3 amide bonds. The highest BCUT2D eigenvalue weighted by atomic mass is 16.5. The Bertz CT molecular complexity index is 1380. The Morgan fingerprint density at radius 1 is 0.923 bits per heavy atom. The van der Waals surface area contributed by atoms with E-state index in [2.05, 4.69) is 20.9 Å². The molecule has 3 aromatic carbocycles. The summed E-state index contributed by atoms with van der Waals surface area (Å²) >= 11 is 0. The molecular weight excluding hydrogens is 494 g/mol.